The van der Waals surface area contributed by atoms with Crippen molar-refractivity contribution in [3.8, 4) is 0 Å². The van der Waals surface area contributed by atoms with Crippen molar-refractivity contribution in [3.63, 3.8) is 0 Å². The summed E-state index contributed by atoms with van der Waals surface area (Å²) in [5, 5.41) is 11.4. The summed E-state index contributed by atoms with van der Waals surface area (Å²) < 4.78 is 5.05. The quantitative estimate of drug-likeness (QED) is 0.811. The maximum atomic E-state index is 11.8. The van der Waals surface area contributed by atoms with Gasteiger partial charge in [0.2, 0.25) is 5.76 Å². The predicted octanol–water partition coefficient (Wildman–Crippen LogP) is 1.70. The molecule has 1 aliphatic heterocycles. The topological polar surface area (TPSA) is 82.8 Å². The molecule has 1 atom stereocenters. The molecule has 2 rings (SSSR count). The molecular formula is C13H16N2O4. The Hall–Kier alpha value is -2.24. The fourth-order valence-corrected chi connectivity index (χ4v) is 2.03. The zero-order valence-electron chi connectivity index (χ0n) is 10.5. The molecule has 1 fully saturated rings. The molecule has 0 spiro atoms. The number of furan rings is 1. The molecule has 1 aliphatic rings. The minimum Gasteiger partial charge on any atom is -0.475 e. The number of nitrogens with one attached hydrogen (secondary N) is 1. The molecule has 1 aromatic heterocycles. The van der Waals surface area contributed by atoms with E-state index in [0.717, 1.165) is 6.42 Å². The van der Waals surface area contributed by atoms with Crippen molar-refractivity contribution in [1.82, 2.24) is 10.2 Å². The first kappa shape index (κ1) is 13.2. The number of rotatable bonds is 4. The van der Waals surface area contributed by atoms with E-state index in [-0.39, 0.29) is 18.3 Å². The molecule has 0 radical (unpaired) electrons. The first-order chi connectivity index (χ1) is 9.10. The molecule has 0 saturated carbocycles. The number of carbonyl (C=O) groups excluding carboxylic acids is 1. The summed E-state index contributed by atoms with van der Waals surface area (Å²) in [6, 6.07) is 2.74. The monoisotopic (exact) mass is 264 g/mol. The van der Waals surface area contributed by atoms with E-state index < -0.39 is 5.97 Å². The Bertz CT molecular complexity index is 495. The Morgan fingerprint density at radius 2 is 2.37 bits per heavy atom. The zero-order chi connectivity index (χ0) is 13.8. The van der Waals surface area contributed by atoms with E-state index in [0.29, 0.717) is 24.8 Å². The van der Waals surface area contributed by atoms with Gasteiger partial charge in [-0.2, -0.15) is 0 Å². The Balaban J connectivity index is 1.83. The van der Waals surface area contributed by atoms with Gasteiger partial charge in [0.05, 0.1) is 6.54 Å². The number of carboxylic acids is 1. The highest BCUT2D eigenvalue weighted by molar-refractivity contribution is 5.84. The number of amides is 2. The Labute approximate surface area is 110 Å². The van der Waals surface area contributed by atoms with Crippen molar-refractivity contribution in [2.24, 2.45) is 5.92 Å². The molecule has 2 amide bonds. The average molecular weight is 264 g/mol. The maximum absolute atomic E-state index is 11.8. The standard InChI is InChI=1S/C13H16N2O4/c1-2-9-5-6-15(8-9)13(18)14-7-10-3-4-11(19-10)12(16)17/h2-4,9H,1,5-8H2,(H,14,18)(H,16,17)/t9-/m1/s1. The Morgan fingerprint density at radius 3 is 2.95 bits per heavy atom. The van der Waals surface area contributed by atoms with E-state index in [1.54, 1.807) is 11.0 Å². The van der Waals surface area contributed by atoms with Crippen LogP contribution in [-0.2, 0) is 6.54 Å². The van der Waals surface area contributed by atoms with Crippen LogP contribution in [0, 0.1) is 5.92 Å². The molecular weight excluding hydrogens is 248 g/mol. The number of aromatic carboxylic acids is 1. The van der Waals surface area contributed by atoms with Crippen molar-refractivity contribution in [1.29, 1.82) is 0 Å². The minimum atomic E-state index is -1.12. The third-order valence-corrected chi connectivity index (χ3v) is 3.13. The summed E-state index contributed by atoms with van der Waals surface area (Å²) >= 11 is 0. The normalized spacial score (nSPS) is 18.3. The van der Waals surface area contributed by atoms with Gasteiger partial charge in [0, 0.05) is 13.1 Å². The predicted molar refractivity (Wildman–Crippen MR) is 67.8 cm³/mol. The summed E-state index contributed by atoms with van der Waals surface area (Å²) in [7, 11) is 0. The van der Waals surface area contributed by atoms with Crippen LogP contribution in [0.4, 0.5) is 4.79 Å². The molecule has 0 aliphatic carbocycles. The minimum absolute atomic E-state index is 0.128. The summed E-state index contributed by atoms with van der Waals surface area (Å²) in [5.41, 5.74) is 0. The molecule has 6 heteroatoms. The van der Waals surface area contributed by atoms with Gasteiger partial charge < -0.3 is 19.7 Å². The second kappa shape index (κ2) is 5.60. The van der Waals surface area contributed by atoms with E-state index in [1.807, 2.05) is 6.08 Å². The summed E-state index contributed by atoms with van der Waals surface area (Å²) in [4.78, 5) is 24.2. The lowest BCUT2D eigenvalue weighted by Gasteiger charge is -2.16. The lowest BCUT2D eigenvalue weighted by molar-refractivity contribution is 0.0660. The number of hydrogen-bond donors (Lipinski definition) is 2. The highest BCUT2D eigenvalue weighted by Gasteiger charge is 2.24. The average Bonchev–Trinajstić information content (AvgIpc) is 3.04. The molecule has 0 unspecified atom stereocenters. The van der Waals surface area contributed by atoms with Crippen LogP contribution in [0.3, 0.4) is 0 Å². The van der Waals surface area contributed by atoms with Gasteiger partial charge in [-0.25, -0.2) is 9.59 Å². The summed E-state index contributed by atoms with van der Waals surface area (Å²) in [6.07, 6.45) is 2.79. The van der Waals surface area contributed by atoms with E-state index in [1.165, 1.54) is 6.07 Å². The summed E-state index contributed by atoms with van der Waals surface area (Å²) in [6.45, 7) is 5.29. The second-order valence-electron chi connectivity index (χ2n) is 4.46. The number of carbonyl (C=O) groups is 2. The molecule has 0 aromatic carbocycles. The van der Waals surface area contributed by atoms with E-state index >= 15 is 0 Å². The van der Waals surface area contributed by atoms with Gasteiger partial charge in [-0.05, 0) is 24.5 Å². The van der Waals surface area contributed by atoms with Crippen molar-refractivity contribution in [2.75, 3.05) is 13.1 Å². The van der Waals surface area contributed by atoms with Crippen LogP contribution < -0.4 is 5.32 Å². The molecule has 2 heterocycles. The SMILES string of the molecule is C=C[C@@H]1CCN(C(=O)NCc2ccc(C(=O)O)o2)C1. The van der Waals surface area contributed by atoms with Gasteiger partial charge in [0.15, 0.2) is 0 Å². The van der Waals surface area contributed by atoms with Crippen molar-refractivity contribution in [2.45, 2.75) is 13.0 Å². The zero-order valence-corrected chi connectivity index (χ0v) is 10.5. The first-order valence-corrected chi connectivity index (χ1v) is 6.07. The number of likely N-dealkylation sites (tertiary alicyclic amines) is 1. The van der Waals surface area contributed by atoms with Crippen LogP contribution in [0.15, 0.2) is 29.2 Å². The highest BCUT2D eigenvalue weighted by Crippen LogP contribution is 2.16. The number of urea groups is 1. The lowest BCUT2D eigenvalue weighted by atomic mass is 10.1. The lowest BCUT2D eigenvalue weighted by Crippen LogP contribution is -2.37. The van der Waals surface area contributed by atoms with E-state index in [4.69, 9.17) is 9.52 Å². The van der Waals surface area contributed by atoms with Crippen LogP contribution in [-0.4, -0.2) is 35.1 Å². The van der Waals surface area contributed by atoms with Crippen molar-refractivity contribution in [3.05, 3.63) is 36.3 Å². The fourth-order valence-electron chi connectivity index (χ4n) is 2.03. The van der Waals surface area contributed by atoms with E-state index in [2.05, 4.69) is 11.9 Å². The molecule has 102 valence electrons. The van der Waals surface area contributed by atoms with E-state index in [9.17, 15) is 9.59 Å². The van der Waals surface area contributed by atoms with Gasteiger partial charge in [0.25, 0.3) is 0 Å². The molecule has 6 nitrogen and oxygen atoms in total. The third kappa shape index (κ3) is 3.15. The van der Waals surface area contributed by atoms with Crippen LogP contribution in [0.1, 0.15) is 22.7 Å². The second-order valence-corrected chi connectivity index (χ2v) is 4.46. The third-order valence-electron chi connectivity index (χ3n) is 3.13. The maximum Gasteiger partial charge on any atom is 0.371 e. The Morgan fingerprint density at radius 1 is 1.58 bits per heavy atom. The fraction of sp³-hybridized carbons (Fsp3) is 0.385. The van der Waals surface area contributed by atoms with Gasteiger partial charge >= 0.3 is 12.0 Å². The Kier molecular flexibility index (Phi) is 3.89. The molecule has 19 heavy (non-hydrogen) atoms. The van der Waals surface area contributed by atoms with Gasteiger partial charge in [-0.15, -0.1) is 6.58 Å². The number of hydrogen-bond acceptors (Lipinski definition) is 3. The number of carboxylic acid groups (broad SMARTS) is 1. The number of nitrogens with zero attached hydrogens (tertiary/aromatic N) is 1. The van der Waals surface area contributed by atoms with Gasteiger partial charge in [0.1, 0.15) is 5.76 Å². The first-order valence-electron chi connectivity index (χ1n) is 6.07. The van der Waals surface area contributed by atoms with Crippen LogP contribution in [0.5, 0.6) is 0 Å². The molecule has 1 saturated heterocycles. The van der Waals surface area contributed by atoms with Gasteiger partial charge in [-0.1, -0.05) is 6.08 Å². The smallest absolute Gasteiger partial charge is 0.371 e. The molecule has 1 aromatic rings. The summed E-state index contributed by atoms with van der Waals surface area (Å²) in [5.74, 6) is -0.471. The van der Waals surface area contributed by atoms with Gasteiger partial charge in [-0.3, -0.25) is 0 Å². The molecule has 0 bridgehead atoms. The largest absolute Gasteiger partial charge is 0.475 e. The van der Waals surface area contributed by atoms with Crippen LogP contribution >= 0.6 is 0 Å². The molecule has 2 N–H and O–H groups in total. The van der Waals surface area contributed by atoms with Crippen LogP contribution in [0.25, 0.3) is 0 Å². The highest BCUT2D eigenvalue weighted by atomic mass is 16.4. The van der Waals surface area contributed by atoms with Crippen LogP contribution in [0.2, 0.25) is 0 Å². The van der Waals surface area contributed by atoms with Crippen molar-refractivity contribution >= 4 is 12.0 Å². The van der Waals surface area contributed by atoms with Crippen molar-refractivity contribution < 1.29 is 19.1 Å².